The number of aliphatic hydroxyl groups excluding tert-OH is 1. The molecule has 3 nitrogen and oxygen atoms in total. The van der Waals surface area contributed by atoms with Crippen molar-refractivity contribution in [2.75, 3.05) is 19.0 Å². The number of benzene rings is 2. The summed E-state index contributed by atoms with van der Waals surface area (Å²) in [5.74, 6) is 0.856. The maximum Gasteiger partial charge on any atom is 0.122 e. The van der Waals surface area contributed by atoms with Crippen LogP contribution in [0.25, 0.3) is 0 Å². The zero-order valence-corrected chi connectivity index (χ0v) is 12.2. The number of ether oxygens (including phenoxy) is 1. The average Bonchev–Trinajstić information content (AvgIpc) is 2.47. The normalized spacial score (nSPS) is 12.0. The lowest BCUT2D eigenvalue weighted by atomic mass is 10.00. The molecule has 0 amide bonds. The quantitative estimate of drug-likeness (QED) is 0.875. The van der Waals surface area contributed by atoms with Crippen molar-refractivity contribution in [3.05, 3.63) is 59.2 Å². The molecule has 0 fully saturated rings. The third-order valence-corrected chi connectivity index (χ3v) is 3.42. The van der Waals surface area contributed by atoms with Crippen LogP contribution in [0.15, 0.2) is 42.5 Å². The number of para-hydroxylation sites is 1. The topological polar surface area (TPSA) is 41.5 Å². The van der Waals surface area contributed by atoms with Crippen LogP contribution in [0.1, 0.15) is 22.8 Å². The van der Waals surface area contributed by atoms with E-state index in [1.54, 1.807) is 7.11 Å². The summed E-state index contributed by atoms with van der Waals surface area (Å²) in [7, 11) is 1.66. The molecule has 0 aliphatic rings. The molecule has 2 rings (SSSR count). The summed E-state index contributed by atoms with van der Waals surface area (Å²) in [6.07, 6.45) is -0.542. The number of methoxy groups -OCH3 is 1. The first-order chi connectivity index (χ1) is 9.61. The lowest BCUT2D eigenvalue weighted by Gasteiger charge is -2.17. The molecule has 0 radical (unpaired) electrons. The van der Waals surface area contributed by atoms with Crippen molar-refractivity contribution in [3.8, 4) is 5.75 Å². The van der Waals surface area contributed by atoms with Crippen LogP contribution in [0.5, 0.6) is 5.75 Å². The minimum absolute atomic E-state index is 0.483. The maximum atomic E-state index is 10.3. The van der Waals surface area contributed by atoms with E-state index >= 15 is 0 Å². The van der Waals surface area contributed by atoms with E-state index in [0.717, 1.165) is 28.1 Å². The highest BCUT2D eigenvalue weighted by Crippen LogP contribution is 2.26. The number of hydrogen-bond acceptors (Lipinski definition) is 3. The standard InChI is InChI=1S/C17H21NO2/c1-12-10-17(20-3)13(2)9-15(12)16(19)11-18-14-7-5-4-6-8-14/h4-10,16,18-19H,11H2,1-3H3. The minimum atomic E-state index is -0.542. The van der Waals surface area contributed by atoms with E-state index in [-0.39, 0.29) is 0 Å². The number of hydrogen-bond donors (Lipinski definition) is 2. The van der Waals surface area contributed by atoms with Crippen LogP contribution < -0.4 is 10.1 Å². The number of aliphatic hydroxyl groups is 1. The van der Waals surface area contributed by atoms with Crippen molar-refractivity contribution < 1.29 is 9.84 Å². The van der Waals surface area contributed by atoms with Crippen LogP contribution in [-0.2, 0) is 0 Å². The first-order valence-corrected chi connectivity index (χ1v) is 6.74. The summed E-state index contributed by atoms with van der Waals surface area (Å²) in [5, 5.41) is 13.6. The third-order valence-electron chi connectivity index (χ3n) is 3.42. The van der Waals surface area contributed by atoms with E-state index in [1.807, 2.05) is 56.3 Å². The van der Waals surface area contributed by atoms with Crippen molar-refractivity contribution in [1.29, 1.82) is 0 Å². The molecule has 20 heavy (non-hydrogen) atoms. The van der Waals surface area contributed by atoms with Gasteiger partial charge in [-0.25, -0.2) is 0 Å². The molecule has 0 spiro atoms. The van der Waals surface area contributed by atoms with Gasteiger partial charge in [0.2, 0.25) is 0 Å². The highest BCUT2D eigenvalue weighted by molar-refractivity contribution is 5.45. The molecule has 0 aromatic heterocycles. The van der Waals surface area contributed by atoms with Gasteiger partial charge in [-0.15, -0.1) is 0 Å². The third kappa shape index (κ3) is 3.31. The Bertz CT molecular complexity index is 567. The largest absolute Gasteiger partial charge is 0.496 e. The lowest BCUT2D eigenvalue weighted by molar-refractivity contribution is 0.190. The summed E-state index contributed by atoms with van der Waals surface area (Å²) in [4.78, 5) is 0. The molecule has 0 aliphatic heterocycles. The zero-order valence-electron chi connectivity index (χ0n) is 12.2. The Morgan fingerprint density at radius 3 is 2.45 bits per heavy atom. The van der Waals surface area contributed by atoms with E-state index in [0.29, 0.717) is 6.54 Å². The fraction of sp³-hybridized carbons (Fsp3) is 0.294. The summed E-state index contributed by atoms with van der Waals surface area (Å²) in [6, 6.07) is 13.8. The molecule has 3 heteroatoms. The van der Waals surface area contributed by atoms with Gasteiger partial charge < -0.3 is 15.2 Å². The maximum absolute atomic E-state index is 10.3. The van der Waals surface area contributed by atoms with Gasteiger partial charge in [0.15, 0.2) is 0 Å². The number of rotatable bonds is 5. The second-order valence-electron chi connectivity index (χ2n) is 4.94. The van der Waals surface area contributed by atoms with Crippen molar-refractivity contribution in [2.45, 2.75) is 20.0 Å². The smallest absolute Gasteiger partial charge is 0.122 e. The Kier molecular flexibility index (Phi) is 4.64. The van der Waals surface area contributed by atoms with E-state index in [4.69, 9.17) is 4.74 Å². The second-order valence-corrected chi connectivity index (χ2v) is 4.94. The molecule has 0 heterocycles. The lowest BCUT2D eigenvalue weighted by Crippen LogP contribution is -2.13. The highest BCUT2D eigenvalue weighted by atomic mass is 16.5. The Labute approximate surface area is 120 Å². The highest BCUT2D eigenvalue weighted by Gasteiger charge is 2.13. The Hall–Kier alpha value is -2.00. The summed E-state index contributed by atoms with van der Waals surface area (Å²) in [6.45, 7) is 4.46. The van der Waals surface area contributed by atoms with Gasteiger partial charge in [0.25, 0.3) is 0 Å². The molecule has 0 saturated heterocycles. The Morgan fingerprint density at radius 1 is 1.10 bits per heavy atom. The Morgan fingerprint density at radius 2 is 1.80 bits per heavy atom. The first kappa shape index (κ1) is 14.4. The van der Waals surface area contributed by atoms with Crippen LogP contribution in [0, 0.1) is 13.8 Å². The first-order valence-electron chi connectivity index (χ1n) is 6.74. The van der Waals surface area contributed by atoms with Crippen molar-refractivity contribution in [3.63, 3.8) is 0 Å². The van der Waals surface area contributed by atoms with Crippen LogP contribution in [0.3, 0.4) is 0 Å². The molecule has 0 saturated carbocycles. The molecule has 0 bridgehead atoms. The molecule has 1 unspecified atom stereocenters. The summed E-state index contributed by atoms with van der Waals surface area (Å²) >= 11 is 0. The molecular formula is C17H21NO2. The molecule has 2 N–H and O–H groups in total. The van der Waals surface area contributed by atoms with Gasteiger partial charge >= 0.3 is 0 Å². The monoisotopic (exact) mass is 271 g/mol. The SMILES string of the molecule is COc1cc(C)c(C(O)CNc2ccccc2)cc1C. The van der Waals surface area contributed by atoms with Crippen LogP contribution in [0.2, 0.25) is 0 Å². The van der Waals surface area contributed by atoms with Gasteiger partial charge in [0.1, 0.15) is 5.75 Å². The minimum Gasteiger partial charge on any atom is -0.496 e. The van der Waals surface area contributed by atoms with Crippen molar-refractivity contribution in [2.24, 2.45) is 0 Å². The van der Waals surface area contributed by atoms with Gasteiger partial charge in [0.05, 0.1) is 13.2 Å². The van der Waals surface area contributed by atoms with Crippen molar-refractivity contribution >= 4 is 5.69 Å². The molecule has 106 valence electrons. The molecule has 2 aromatic carbocycles. The van der Waals surface area contributed by atoms with Gasteiger partial charge in [-0.3, -0.25) is 0 Å². The van der Waals surface area contributed by atoms with Crippen molar-refractivity contribution in [1.82, 2.24) is 0 Å². The van der Waals surface area contributed by atoms with Gasteiger partial charge in [-0.1, -0.05) is 18.2 Å². The fourth-order valence-electron chi connectivity index (χ4n) is 2.27. The molecule has 2 aromatic rings. The van der Waals surface area contributed by atoms with Gasteiger partial charge in [0, 0.05) is 12.2 Å². The predicted molar refractivity (Wildman–Crippen MR) is 82.4 cm³/mol. The molecule has 0 aliphatic carbocycles. The van der Waals surface area contributed by atoms with E-state index in [9.17, 15) is 5.11 Å². The van der Waals surface area contributed by atoms with Gasteiger partial charge in [-0.2, -0.15) is 0 Å². The van der Waals surface area contributed by atoms with E-state index in [2.05, 4.69) is 5.32 Å². The van der Waals surface area contributed by atoms with Crippen LogP contribution in [0.4, 0.5) is 5.69 Å². The Balaban J connectivity index is 2.09. The number of aryl methyl sites for hydroxylation is 2. The fourth-order valence-corrected chi connectivity index (χ4v) is 2.27. The summed E-state index contributed by atoms with van der Waals surface area (Å²) < 4.78 is 5.29. The van der Waals surface area contributed by atoms with Gasteiger partial charge in [-0.05, 0) is 54.8 Å². The molecule has 1 atom stereocenters. The predicted octanol–water partition coefficient (Wildman–Crippen LogP) is 3.46. The summed E-state index contributed by atoms with van der Waals surface area (Å²) in [5.41, 5.74) is 4.02. The average molecular weight is 271 g/mol. The van der Waals surface area contributed by atoms with Crippen LogP contribution >= 0.6 is 0 Å². The van der Waals surface area contributed by atoms with Crippen LogP contribution in [-0.4, -0.2) is 18.8 Å². The molecular weight excluding hydrogens is 250 g/mol. The zero-order chi connectivity index (χ0) is 14.5. The number of nitrogens with one attached hydrogen (secondary N) is 1. The number of anilines is 1. The van der Waals surface area contributed by atoms with E-state index in [1.165, 1.54) is 0 Å². The van der Waals surface area contributed by atoms with E-state index < -0.39 is 6.10 Å². The second kappa shape index (κ2) is 6.44.